The maximum absolute atomic E-state index is 13.0. The standard InChI is InChI=1S/C29H32O4S2/c1-28(23-16-17-29(28,27(30)19-23)21-35(31,32)33)20-22-10-9-15-26(18-22)34(2,24-11-5-3-6-12-24)25-13-7-4-8-14-25/h3-15,18,23H,16-17,19-21H2,1-2H3,(H,31,32,33)/p-1. The van der Waals surface area contributed by atoms with Crippen LogP contribution in [0.3, 0.4) is 0 Å². The number of hydrogen-bond acceptors (Lipinski definition) is 4. The Morgan fingerprint density at radius 2 is 1.46 bits per heavy atom. The molecule has 0 aliphatic heterocycles. The molecule has 184 valence electrons. The lowest BCUT2D eigenvalue weighted by molar-refractivity contribution is -0.128. The Hall–Kier alpha value is -2.41. The summed E-state index contributed by atoms with van der Waals surface area (Å²) < 4.78 is 35.6. The quantitative estimate of drug-likeness (QED) is 0.364. The Balaban J connectivity index is 1.58. The second-order valence-corrected chi connectivity index (χ2v) is 15.1. The highest BCUT2D eigenvalue weighted by atomic mass is 32.3. The highest BCUT2D eigenvalue weighted by molar-refractivity contribution is 8.33. The van der Waals surface area contributed by atoms with E-state index in [-0.39, 0.29) is 11.7 Å². The molecule has 0 aromatic heterocycles. The zero-order valence-electron chi connectivity index (χ0n) is 20.1. The van der Waals surface area contributed by atoms with Crippen LogP contribution in [0, 0.1) is 16.7 Å². The molecule has 3 aromatic carbocycles. The van der Waals surface area contributed by atoms with E-state index in [4.69, 9.17) is 0 Å². The maximum Gasteiger partial charge on any atom is 0.140 e. The predicted molar refractivity (Wildman–Crippen MR) is 139 cm³/mol. The summed E-state index contributed by atoms with van der Waals surface area (Å²) >= 11 is 0. The summed E-state index contributed by atoms with van der Waals surface area (Å²) in [6.07, 6.45) is 4.57. The van der Waals surface area contributed by atoms with E-state index in [1.54, 1.807) is 0 Å². The van der Waals surface area contributed by atoms with Gasteiger partial charge in [0.25, 0.3) is 0 Å². The molecule has 2 aliphatic carbocycles. The van der Waals surface area contributed by atoms with Gasteiger partial charge in [-0.2, -0.15) is 10.0 Å². The summed E-state index contributed by atoms with van der Waals surface area (Å²) in [5, 5.41) is 0. The fourth-order valence-corrected chi connectivity index (χ4v) is 10.9. The van der Waals surface area contributed by atoms with Crippen molar-refractivity contribution in [1.29, 1.82) is 0 Å². The molecule has 4 nitrogen and oxygen atoms in total. The van der Waals surface area contributed by atoms with Crippen LogP contribution >= 0.6 is 10.0 Å². The molecule has 2 aliphatic rings. The number of ketones is 1. The third kappa shape index (κ3) is 3.96. The van der Waals surface area contributed by atoms with Gasteiger partial charge in [-0.15, -0.1) is 0 Å². The molecule has 35 heavy (non-hydrogen) atoms. The molecule has 0 heterocycles. The van der Waals surface area contributed by atoms with E-state index in [9.17, 15) is 17.8 Å². The summed E-state index contributed by atoms with van der Waals surface area (Å²) in [5.74, 6) is -0.513. The van der Waals surface area contributed by atoms with Gasteiger partial charge in [0, 0.05) is 11.8 Å². The van der Waals surface area contributed by atoms with Crippen LogP contribution in [-0.2, 0) is 21.3 Å². The summed E-state index contributed by atoms with van der Waals surface area (Å²) in [7, 11) is -6.05. The van der Waals surface area contributed by atoms with E-state index in [0.717, 1.165) is 12.0 Å². The predicted octanol–water partition coefficient (Wildman–Crippen LogP) is 6.06. The van der Waals surface area contributed by atoms with Gasteiger partial charge in [-0.3, -0.25) is 4.79 Å². The molecule has 0 amide bonds. The summed E-state index contributed by atoms with van der Waals surface area (Å²) in [5.41, 5.74) is -0.515. The van der Waals surface area contributed by atoms with Crippen LogP contribution in [0.25, 0.3) is 0 Å². The highest BCUT2D eigenvalue weighted by Gasteiger charge is 2.66. The van der Waals surface area contributed by atoms with Crippen LogP contribution in [0.2, 0.25) is 0 Å². The van der Waals surface area contributed by atoms with E-state index in [2.05, 4.69) is 79.1 Å². The molecule has 0 N–H and O–H groups in total. The fraction of sp³-hybridized carbons (Fsp3) is 0.345. The zero-order valence-corrected chi connectivity index (χ0v) is 21.8. The Morgan fingerprint density at radius 1 is 0.886 bits per heavy atom. The first-order valence-corrected chi connectivity index (χ1v) is 15.6. The largest absolute Gasteiger partial charge is 0.748 e. The van der Waals surface area contributed by atoms with Gasteiger partial charge in [-0.25, -0.2) is 8.42 Å². The number of carbonyl (C=O) groups is 1. The lowest BCUT2D eigenvalue weighted by Crippen LogP contribution is -2.44. The Morgan fingerprint density at radius 3 is 2.00 bits per heavy atom. The number of rotatable bonds is 7. The van der Waals surface area contributed by atoms with Crippen LogP contribution in [0.1, 0.15) is 31.7 Å². The van der Waals surface area contributed by atoms with Crippen LogP contribution in [0.4, 0.5) is 0 Å². The van der Waals surface area contributed by atoms with Gasteiger partial charge >= 0.3 is 0 Å². The fourth-order valence-electron chi connectivity index (χ4n) is 6.68. The third-order valence-electron chi connectivity index (χ3n) is 8.67. The topological polar surface area (TPSA) is 74.3 Å². The Bertz CT molecular complexity index is 1310. The molecule has 2 bridgehead atoms. The highest BCUT2D eigenvalue weighted by Crippen LogP contribution is 2.67. The average molecular weight is 508 g/mol. The Kier molecular flexibility index (Phi) is 5.98. The van der Waals surface area contributed by atoms with Crippen molar-refractivity contribution in [3.8, 4) is 0 Å². The van der Waals surface area contributed by atoms with Gasteiger partial charge in [0.15, 0.2) is 0 Å². The second kappa shape index (κ2) is 8.61. The van der Waals surface area contributed by atoms with Gasteiger partial charge in [0.05, 0.1) is 15.9 Å². The van der Waals surface area contributed by atoms with Crippen molar-refractivity contribution in [1.82, 2.24) is 0 Å². The van der Waals surface area contributed by atoms with E-state index in [1.165, 1.54) is 14.7 Å². The number of carbonyl (C=O) groups excluding carboxylic acids is 1. The first-order chi connectivity index (χ1) is 16.6. The van der Waals surface area contributed by atoms with Crippen LogP contribution < -0.4 is 0 Å². The molecule has 2 fully saturated rings. The van der Waals surface area contributed by atoms with Crippen molar-refractivity contribution in [3.63, 3.8) is 0 Å². The van der Waals surface area contributed by atoms with E-state index in [1.807, 2.05) is 19.1 Å². The molecule has 3 aromatic rings. The lowest BCUT2D eigenvalue weighted by Gasteiger charge is -2.41. The molecule has 3 atom stereocenters. The molecular formula is C29H31O4S2-. The van der Waals surface area contributed by atoms with Crippen molar-refractivity contribution < 1.29 is 17.8 Å². The van der Waals surface area contributed by atoms with E-state index in [0.29, 0.717) is 19.3 Å². The van der Waals surface area contributed by atoms with Gasteiger partial charge in [0.2, 0.25) is 0 Å². The van der Waals surface area contributed by atoms with Crippen LogP contribution in [0.15, 0.2) is 99.6 Å². The minimum atomic E-state index is -4.52. The van der Waals surface area contributed by atoms with Crippen molar-refractivity contribution in [3.05, 3.63) is 90.5 Å². The molecule has 3 unspecified atom stereocenters. The number of hydrogen-bond donors (Lipinski definition) is 0. The molecule has 6 heteroatoms. The molecule has 0 radical (unpaired) electrons. The number of benzene rings is 3. The summed E-state index contributed by atoms with van der Waals surface area (Å²) in [4.78, 5) is 16.8. The molecule has 2 saturated carbocycles. The summed E-state index contributed by atoms with van der Waals surface area (Å²) in [6.45, 7) is 2.04. The monoisotopic (exact) mass is 507 g/mol. The van der Waals surface area contributed by atoms with Crippen LogP contribution in [0.5, 0.6) is 0 Å². The normalized spacial score (nSPS) is 26.7. The van der Waals surface area contributed by atoms with Crippen molar-refractivity contribution >= 4 is 25.9 Å². The van der Waals surface area contributed by atoms with Crippen molar-refractivity contribution in [2.75, 3.05) is 12.0 Å². The second-order valence-electron chi connectivity index (χ2n) is 10.4. The van der Waals surface area contributed by atoms with Gasteiger partial charge < -0.3 is 4.55 Å². The zero-order chi connectivity index (χ0) is 24.9. The van der Waals surface area contributed by atoms with Gasteiger partial charge in [-0.1, -0.05) is 55.5 Å². The maximum atomic E-state index is 13.0. The molecule has 0 saturated heterocycles. The third-order valence-corrected chi connectivity index (χ3v) is 13.1. The smallest absolute Gasteiger partial charge is 0.140 e. The van der Waals surface area contributed by atoms with Gasteiger partial charge in [-0.05, 0) is 93.5 Å². The first kappa shape index (κ1) is 24.3. The number of fused-ring (bicyclic) bond motifs is 2. The van der Waals surface area contributed by atoms with Crippen molar-refractivity contribution in [2.45, 2.75) is 47.3 Å². The Labute approximate surface area is 209 Å². The lowest BCUT2D eigenvalue weighted by atomic mass is 9.65. The molecular weight excluding hydrogens is 476 g/mol. The SMILES string of the molecule is CC1(Cc2cccc(S(C)(c3ccccc3)c3ccccc3)c2)C2CCC1(CS(=O)(=O)[O-])C(=O)C2. The minimum absolute atomic E-state index is 0.0455. The number of Topliss-reactive ketones (excluding diaryl/α,β-unsaturated/α-hetero) is 1. The molecule has 5 rings (SSSR count). The first-order valence-electron chi connectivity index (χ1n) is 12.0. The van der Waals surface area contributed by atoms with Crippen LogP contribution in [-0.4, -0.2) is 30.8 Å². The van der Waals surface area contributed by atoms with E-state index < -0.39 is 36.7 Å². The van der Waals surface area contributed by atoms with Gasteiger partial charge in [0.1, 0.15) is 5.78 Å². The van der Waals surface area contributed by atoms with Crippen molar-refractivity contribution in [2.24, 2.45) is 16.7 Å². The minimum Gasteiger partial charge on any atom is -0.748 e. The van der Waals surface area contributed by atoms with E-state index >= 15 is 0 Å². The average Bonchev–Trinajstić information content (AvgIpc) is 3.20. The molecule has 0 spiro atoms. The summed E-state index contributed by atoms with van der Waals surface area (Å²) in [6, 6.07) is 29.6.